The molecule has 2 heterocycles. The first-order valence-corrected chi connectivity index (χ1v) is 8.29. The molecule has 6 N–H and O–H groups in total. The number of nitrogens with two attached hydrogens (primary N) is 2. The number of anilines is 1. The number of rotatable bonds is 6. The number of fused-ring (bicyclic) bond motifs is 1. The van der Waals surface area contributed by atoms with Gasteiger partial charge in [0.15, 0.2) is 0 Å². The Kier molecular flexibility index (Phi) is 4.64. The summed E-state index contributed by atoms with van der Waals surface area (Å²) in [5, 5.41) is 12.5. The standard InChI is InChI=1S/C17H16N4O3S/c18-12(17(23)24)8-21-16-10-6-13(9-4-2-1-3-5-9)25-14(10)11(7-20-16)15(19)22/h1-7,12H,8,18H2,(H2,19,22)(H,20,21)(H,23,24)/t12-/m0/s1. The number of primary amides is 1. The molecule has 1 aromatic carbocycles. The third-order valence-electron chi connectivity index (χ3n) is 3.68. The van der Waals surface area contributed by atoms with Crippen LogP contribution in [0.4, 0.5) is 5.82 Å². The highest BCUT2D eigenvalue weighted by Crippen LogP contribution is 2.38. The summed E-state index contributed by atoms with van der Waals surface area (Å²) in [4.78, 5) is 27.7. The number of carboxylic acid groups (broad SMARTS) is 1. The maximum Gasteiger partial charge on any atom is 0.322 e. The Bertz CT molecular complexity index is 940. The first kappa shape index (κ1) is 16.9. The molecule has 3 rings (SSSR count). The molecule has 1 amide bonds. The molecule has 0 bridgehead atoms. The molecular weight excluding hydrogens is 340 g/mol. The zero-order valence-corrected chi connectivity index (χ0v) is 13.9. The molecule has 25 heavy (non-hydrogen) atoms. The smallest absolute Gasteiger partial charge is 0.322 e. The van der Waals surface area contributed by atoms with E-state index in [2.05, 4.69) is 10.3 Å². The van der Waals surface area contributed by atoms with Crippen LogP contribution in [0.3, 0.4) is 0 Å². The van der Waals surface area contributed by atoms with E-state index in [9.17, 15) is 9.59 Å². The number of aromatic nitrogens is 1. The Morgan fingerprint density at radius 3 is 2.64 bits per heavy atom. The molecule has 1 atom stereocenters. The predicted molar refractivity (Wildman–Crippen MR) is 97.7 cm³/mol. The number of aliphatic carboxylic acids is 1. The molecular formula is C17H16N4O3S. The fourth-order valence-corrected chi connectivity index (χ4v) is 3.56. The van der Waals surface area contributed by atoms with Crippen LogP contribution >= 0.6 is 11.3 Å². The Morgan fingerprint density at radius 2 is 2.00 bits per heavy atom. The molecule has 0 aliphatic carbocycles. The average molecular weight is 356 g/mol. The molecule has 0 fully saturated rings. The molecule has 128 valence electrons. The summed E-state index contributed by atoms with van der Waals surface area (Å²) in [5.74, 6) is -1.20. The van der Waals surface area contributed by atoms with E-state index in [0.29, 0.717) is 21.5 Å². The zero-order chi connectivity index (χ0) is 18.0. The van der Waals surface area contributed by atoms with Gasteiger partial charge in [0, 0.05) is 23.0 Å². The molecule has 3 aromatic rings. The summed E-state index contributed by atoms with van der Waals surface area (Å²) >= 11 is 1.43. The van der Waals surface area contributed by atoms with Gasteiger partial charge in [-0.1, -0.05) is 30.3 Å². The monoisotopic (exact) mass is 356 g/mol. The van der Waals surface area contributed by atoms with E-state index >= 15 is 0 Å². The first-order chi connectivity index (χ1) is 12.0. The van der Waals surface area contributed by atoms with Crippen LogP contribution in [0.15, 0.2) is 42.6 Å². The Balaban J connectivity index is 2.06. The lowest BCUT2D eigenvalue weighted by atomic mass is 10.1. The number of amides is 1. The van der Waals surface area contributed by atoms with Crippen molar-refractivity contribution in [2.75, 3.05) is 11.9 Å². The van der Waals surface area contributed by atoms with Crippen molar-refractivity contribution in [3.8, 4) is 10.4 Å². The minimum Gasteiger partial charge on any atom is -0.480 e. The molecule has 0 aliphatic rings. The van der Waals surface area contributed by atoms with E-state index in [1.54, 1.807) is 0 Å². The van der Waals surface area contributed by atoms with Gasteiger partial charge in [-0.05, 0) is 11.6 Å². The Hall–Kier alpha value is -2.97. The van der Waals surface area contributed by atoms with Crippen LogP contribution in [0, 0.1) is 0 Å². The number of benzene rings is 1. The van der Waals surface area contributed by atoms with E-state index in [4.69, 9.17) is 16.6 Å². The second kappa shape index (κ2) is 6.88. The summed E-state index contributed by atoms with van der Waals surface area (Å²) in [5.41, 5.74) is 12.3. The number of hydrogen-bond acceptors (Lipinski definition) is 6. The van der Waals surface area contributed by atoms with Gasteiger partial charge >= 0.3 is 5.97 Å². The van der Waals surface area contributed by atoms with Gasteiger partial charge in [-0.2, -0.15) is 0 Å². The van der Waals surface area contributed by atoms with E-state index < -0.39 is 17.9 Å². The van der Waals surface area contributed by atoms with Gasteiger partial charge in [0.2, 0.25) is 0 Å². The van der Waals surface area contributed by atoms with Crippen LogP contribution in [0.25, 0.3) is 20.5 Å². The van der Waals surface area contributed by atoms with Gasteiger partial charge < -0.3 is 21.9 Å². The van der Waals surface area contributed by atoms with Crippen LogP contribution in [-0.4, -0.2) is 34.6 Å². The van der Waals surface area contributed by atoms with Gasteiger partial charge in [0.1, 0.15) is 11.9 Å². The normalized spacial score (nSPS) is 12.0. The summed E-state index contributed by atoms with van der Waals surface area (Å²) in [6.45, 7) is 0.0177. The van der Waals surface area contributed by atoms with Gasteiger partial charge in [-0.3, -0.25) is 9.59 Å². The number of hydrogen-bond donors (Lipinski definition) is 4. The first-order valence-electron chi connectivity index (χ1n) is 7.47. The third-order valence-corrected chi connectivity index (χ3v) is 4.90. The topological polar surface area (TPSA) is 131 Å². The van der Waals surface area contributed by atoms with Gasteiger partial charge in [0.25, 0.3) is 5.91 Å². The summed E-state index contributed by atoms with van der Waals surface area (Å²) in [6.07, 6.45) is 1.39. The highest BCUT2D eigenvalue weighted by Gasteiger charge is 2.17. The Labute approximate surface area is 147 Å². The largest absolute Gasteiger partial charge is 0.480 e. The number of pyridine rings is 1. The molecule has 0 spiro atoms. The summed E-state index contributed by atoms with van der Waals surface area (Å²) in [7, 11) is 0. The zero-order valence-electron chi connectivity index (χ0n) is 13.1. The van der Waals surface area contributed by atoms with Crippen LogP contribution in [0.1, 0.15) is 10.4 Å². The number of nitrogens with zero attached hydrogens (tertiary/aromatic N) is 1. The van der Waals surface area contributed by atoms with Crippen molar-refractivity contribution in [1.82, 2.24) is 4.98 Å². The van der Waals surface area contributed by atoms with Gasteiger partial charge in [0.05, 0.1) is 10.3 Å². The average Bonchev–Trinajstić information content (AvgIpc) is 3.05. The summed E-state index contributed by atoms with van der Waals surface area (Å²) in [6, 6.07) is 10.6. The van der Waals surface area contributed by atoms with Crippen LogP contribution < -0.4 is 16.8 Å². The molecule has 0 saturated carbocycles. The van der Waals surface area contributed by atoms with Crippen molar-refractivity contribution in [3.63, 3.8) is 0 Å². The molecule has 0 unspecified atom stereocenters. The van der Waals surface area contributed by atoms with Crippen molar-refractivity contribution in [1.29, 1.82) is 0 Å². The van der Waals surface area contributed by atoms with Crippen LogP contribution in [-0.2, 0) is 4.79 Å². The maximum atomic E-state index is 11.7. The molecule has 8 heteroatoms. The van der Waals surface area contributed by atoms with Gasteiger partial charge in [-0.25, -0.2) is 4.98 Å². The van der Waals surface area contributed by atoms with Crippen molar-refractivity contribution < 1.29 is 14.7 Å². The van der Waals surface area contributed by atoms with Crippen LogP contribution in [0.2, 0.25) is 0 Å². The number of carboxylic acids is 1. The van der Waals surface area contributed by atoms with E-state index in [-0.39, 0.29) is 6.54 Å². The SMILES string of the molecule is NC(=O)c1cnc(NC[C@H](N)C(=O)O)c2cc(-c3ccccc3)sc12. The second-order valence-corrected chi connectivity index (χ2v) is 6.48. The fraction of sp³-hybridized carbons (Fsp3) is 0.118. The third kappa shape index (κ3) is 3.44. The number of carbonyl (C=O) groups excluding carboxylic acids is 1. The van der Waals surface area contributed by atoms with E-state index in [1.165, 1.54) is 17.5 Å². The lowest BCUT2D eigenvalue weighted by molar-refractivity contribution is -0.138. The molecule has 7 nitrogen and oxygen atoms in total. The highest BCUT2D eigenvalue weighted by atomic mass is 32.1. The van der Waals surface area contributed by atoms with Crippen molar-refractivity contribution in [2.45, 2.75) is 6.04 Å². The molecule has 0 saturated heterocycles. The summed E-state index contributed by atoms with van der Waals surface area (Å²) < 4.78 is 0.702. The minimum absolute atomic E-state index is 0.0177. The van der Waals surface area contributed by atoms with E-state index in [1.807, 2.05) is 36.4 Å². The maximum absolute atomic E-state index is 11.7. The quantitative estimate of drug-likeness (QED) is 0.533. The second-order valence-electron chi connectivity index (χ2n) is 5.43. The molecule has 2 aromatic heterocycles. The lowest BCUT2D eigenvalue weighted by Gasteiger charge is -2.10. The van der Waals surface area contributed by atoms with Gasteiger partial charge in [-0.15, -0.1) is 11.3 Å². The van der Waals surface area contributed by atoms with Crippen molar-refractivity contribution in [2.24, 2.45) is 11.5 Å². The number of nitrogens with one attached hydrogen (secondary N) is 1. The molecule has 0 aliphatic heterocycles. The minimum atomic E-state index is -1.10. The predicted octanol–water partition coefficient (Wildman–Crippen LogP) is 1.89. The Morgan fingerprint density at radius 1 is 1.28 bits per heavy atom. The highest BCUT2D eigenvalue weighted by molar-refractivity contribution is 7.22. The van der Waals surface area contributed by atoms with E-state index in [0.717, 1.165) is 10.4 Å². The van der Waals surface area contributed by atoms with Crippen molar-refractivity contribution >= 4 is 39.1 Å². The number of carbonyl (C=O) groups is 2. The van der Waals surface area contributed by atoms with Crippen LogP contribution in [0.5, 0.6) is 0 Å². The van der Waals surface area contributed by atoms with Crippen molar-refractivity contribution in [3.05, 3.63) is 48.2 Å². The molecule has 0 radical (unpaired) electrons. The fourth-order valence-electron chi connectivity index (χ4n) is 2.38. The number of thiophene rings is 1. The lowest BCUT2D eigenvalue weighted by Crippen LogP contribution is -2.37.